The van der Waals surface area contributed by atoms with Crippen molar-refractivity contribution in [1.82, 2.24) is 20.7 Å². The zero-order valence-electron chi connectivity index (χ0n) is 13.9. The van der Waals surface area contributed by atoms with Crippen molar-refractivity contribution in [2.45, 2.75) is 0 Å². The molecule has 3 aromatic rings. The molecule has 3 amide bonds. The summed E-state index contributed by atoms with van der Waals surface area (Å²) in [4.78, 5) is 42.2. The highest BCUT2D eigenvalue weighted by Gasteiger charge is 2.16. The Bertz CT molecular complexity index is 956. The molecule has 2 heterocycles. The van der Waals surface area contributed by atoms with E-state index in [0.717, 1.165) is 5.39 Å². The molecule has 0 aliphatic rings. The Morgan fingerprint density at radius 2 is 1.85 bits per heavy atom. The minimum absolute atomic E-state index is 0.178. The van der Waals surface area contributed by atoms with Gasteiger partial charge in [0.1, 0.15) is 12.2 Å². The predicted molar refractivity (Wildman–Crippen MR) is 98.6 cm³/mol. The van der Waals surface area contributed by atoms with E-state index < -0.39 is 11.8 Å². The summed E-state index contributed by atoms with van der Waals surface area (Å²) in [6.07, 6.45) is 0. The molecule has 0 aliphatic heterocycles. The summed E-state index contributed by atoms with van der Waals surface area (Å²) in [7, 11) is 1.52. The van der Waals surface area contributed by atoms with Crippen molar-refractivity contribution in [1.29, 1.82) is 0 Å². The number of para-hydroxylation sites is 1. The van der Waals surface area contributed by atoms with Crippen LogP contribution in [-0.2, 0) is 4.79 Å². The molecule has 0 fully saturated rings. The molecule has 7 nitrogen and oxygen atoms in total. The minimum Gasteiger partial charge on any atom is -0.332 e. The largest absolute Gasteiger partial charge is 0.332 e. The number of fused-ring (bicyclic) bond motifs is 1. The topological polar surface area (TPSA) is 91.4 Å². The van der Waals surface area contributed by atoms with Crippen LogP contribution in [-0.4, -0.2) is 41.2 Å². The number of pyridine rings is 1. The number of carbonyl (C=O) groups is 3. The maximum absolute atomic E-state index is 12.1. The van der Waals surface area contributed by atoms with Gasteiger partial charge in [-0.15, -0.1) is 11.3 Å². The van der Waals surface area contributed by atoms with Crippen LogP contribution in [0.1, 0.15) is 20.2 Å². The molecule has 8 heteroatoms. The fourth-order valence-electron chi connectivity index (χ4n) is 2.30. The van der Waals surface area contributed by atoms with Crippen LogP contribution in [0.5, 0.6) is 0 Å². The van der Waals surface area contributed by atoms with E-state index in [4.69, 9.17) is 0 Å². The second-order valence-corrected chi connectivity index (χ2v) is 6.48. The molecule has 26 heavy (non-hydrogen) atoms. The standard InChI is InChI=1S/C18H16N4O3S/c1-22(18(25)15-7-4-10-26-15)11-16(23)20-21-17(24)14-9-8-12-5-2-3-6-13(12)19-14/h2-10H,11H2,1H3,(H,20,23)(H,21,24). The SMILES string of the molecule is CN(CC(=O)NNC(=O)c1ccc2ccccc2n1)C(=O)c1cccs1. The summed E-state index contributed by atoms with van der Waals surface area (Å²) < 4.78 is 0. The van der Waals surface area contributed by atoms with Gasteiger partial charge in [-0.3, -0.25) is 25.2 Å². The molecule has 3 rings (SSSR count). The minimum atomic E-state index is -0.531. The molecule has 0 saturated heterocycles. The highest BCUT2D eigenvalue weighted by Crippen LogP contribution is 2.12. The van der Waals surface area contributed by atoms with Crippen LogP contribution in [0.3, 0.4) is 0 Å². The van der Waals surface area contributed by atoms with Crippen molar-refractivity contribution in [3.05, 3.63) is 64.5 Å². The first-order valence-corrected chi connectivity index (χ1v) is 8.66. The summed E-state index contributed by atoms with van der Waals surface area (Å²) in [5, 5.41) is 2.71. The van der Waals surface area contributed by atoms with E-state index >= 15 is 0 Å². The Hall–Kier alpha value is -3.26. The summed E-state index contributed by atoms with van der Waals surface area (Å²) in [6, 6.07) is 14.2. The fraction of sp³-hybridized carbons (Fsp3) is 0.111. The molecule has 0 saturated carbocycles. The number of nitrogens with one attached hydrogen (secondary N) is 2. The molecule has 132 valence electrons. The maximum Gasteiger partial charge on any atom is 0.288 e. The first-order chi connectivity index (χ1) is 12.5. The number of hydrogen-bond donors (Lipinski definition) is 2. The van der Waals surface area contributed by atoms with Gasteiger partial charge in [0, 0.05) is 12.4 Å². The van der Waals surface area contributed by atoms with Crippen molar-refractivity contribution in [3.63, 3.8) is 0 Å². The normalized spacial score (nSPS) is 10.3. The van der Waals surface area contributed by atoms with Gasteiger partial charge in [-0.25, -0.2) is 4.98 Å². The Balaban J connectivity index is 1.54. The first kappa shape index (κ1) is 17.6. The summed E-state index contributed by atoms with van der Waals surface area (Å²) >= 11 is 1.30. The molecule has 1 aromatic carbocycles. The lowest BCUT2D eigenvalue weighted by molar-refractivity contribution is -0.122. The number of amides is 3. The van der Waals surface area contributed by atoms with Crippen LogP contribution in [0.2, 0.25) is 0 Å². The van der Waals surface area contributed by atoms with Crippen molar-refractivity contribution in [2.24, 2.45) is 0 Å². The molecule has 0 aliphatic carbocycles. The molecule has 0 atom stereocenters. The van der Waals surface area contributed by atoms with Crippen LogP contribution in [0.25, 0.3) is 10.9 Å². The molecule has 0 unspecified atom stereocenters. The number of likely N-dealkylation sites (N-methyl/N-ethyl adjacent to an activating group) is 1. The van der Waals surface area contributed by atoms with Crippen molar-refractivity contribution < 1.29 is 14.4 Å². The van der Waals surface area contributed by atoms with Crippen molar-refractivity contribution in [2.75, 3.05) is 13.6 Å². The number of hydrazine groups is 1. The lowest BCUT2D eigenvalue weighted by atomic mass is 10.2. The van der Waals surface area contributed by atoms with E-state index in [9.17, 15) is 14.4 Å². The summed E-state index contributed by atoms with van der Waals surface area (Å²) in [5.74, 6) is -1.29. The third-order valence-electron chi connectivity index (χ3n) is 3.61. The van der Waals surface area contributed by atoms with Gasteiger partial charge in [-0.2, -0.15) is 0 Å². The third-order valence-corrected chi connectivity index (χ3v) is 4.46. The smallest absolute Gasteiger partial charge is 0.288 e. The first-order valence-electron chi connectivity index (χ1n) is 7.78. The fourth-order valence-corrected chi connectivity index (χ4v) is 3.02. The monoisotopic (exact) mass is 368 g/mol. The van der Waals surface area contributed by atoms with Gasteiger partial charge in [-0.05, 0) is 23.6 Å². The summed E-state index contributed by atoms with van der Waals surface area (Å²) in [6.45, 7) is -0.178. The second kappa shape index (κ2) is 7.75. The van der Waals surface area contributed by atoms with Gasteiger partial charge in [0.25, 0.3) is 17.7 Å². The Labute approximate surface area is 153 Å². The Kier molecular flexibility index (Phi) is 5.23. The third kappa shape index (κ3) is 4.04. The van der Waals surface area contributed by atoms with E-state index in [0.29, 0.717) is 10.4 Å². The van der Waals surface area contributed by atoms with E-state index in [-0.39, 0.29) is 18.1 Å². The zero-order valence-corrected chi connectivity index (χ0v) is 14.7. The van der Waals surface area contributed by atoms with Crippen molar-refractivity contribution in [3.8, 4) is 0 Å². The average molecular weight is 368 g/mol. The van der Waals surface area contributed by atoms with Gasteiger partial charge in [0.05, 0.1) is 10.4 Å². The second-order valence-electron chi connectivity index (χ2n) is 5.53. The van der Waals surface area contributed by atoms with Crippen LogP contribution >= 0.6 is 11.3 Å². The van der Waals surface area contributed by atoms with Crippen LogP contribution in [0.15, 0.2) is 53.9 Å². The molecular weight excluding hydrogens is 352 g/mol. The van der Waals surface area contributed by atoms with Crippen molar-refractivity contribution >= 4 is 40.0 Å². The molecule has 2 aromatic heterocycles. The Morgan fingerprint density at radius 1 is 1.04 bits per heavy atom. The number of carbonyl (C=O) groups excluding carboxylic acids is 3. The highest BCUT2D eigenvalue weighted by atomic mass is 32.1. The van der Waals surface area contributed by atoms with Crippen LogP contribution in [0.4, 0.5) is 0 Å². The van der Waals surface area contributed by atoms with Gasteiger partial charge >= 0.3 is 0 Å². The quantitative estimate of drug-likeness (QED) is 0.688. The maximum atomic E-state index is 12.1. The van der Waals surface area contributed by atoms with Gasteiger partial charge in [0.15, 0.2) is 0 Å². The molecule has 0 spiro atoms. The number of rotatable bonds is 4. The average Bonchev–Trinajstić information content (AvgIpc) is 3.19. The number of benzene rings is 1. The number of hydrogen-bond acceptors (Lipinski definition) is 5. The van der Waals surface area contributed by atoms with E-state index in [1.54, 1.807) is 35.7 Å². The number of aromatic nitrogens is 1. The van der Waals surface area contributed by atoms with E-state index in [2.05, 4.69) is 15.8 Å². The van der Waals surface area contributed by atoms with Gasteiger partial charge in [-0.1, -0.05) is 30.3 Å². The van der Waals surface area contributed by atoms with Crippen LogP contribution < -0.4 is 10.9 Å². The molecule has 0 bridgehead atoms. The van der Waals surface area contributed by atoms with Gasteiger partial charge in [0.2, 0.25) is 0 Å². The zero-order chi connectivity index (χ0) is 18.5. The summed E-state index contributed by atoms with van der Waals surface area (Å²) in [5.41, 5.74) is 5.47. The lowest BCUT2D eigenvalue weighted by Gasteiger charge is -2.16. The lowest BCUT2D eigenvalue weighted by Crippen LogP contribution is -2.46. The Morgan fingerprint density at radius 3 is 2.62 bits per heavy atom. The molecular formula is C18H16N4O3S. The number of thiophene rings is 1. The van der Waals surface area contributed by atoms with Gasteiger partial charge < -0.3 is 4.90 Å². The number of nitrogens with zero attached hydrogens (tertiary/aromatic N) is 2. The predicted octanol–water partition coefficient (Wildman–Crippen LogP) is 1.83. The van der Waals surface area contributed by atoms with E-state index in [1.807, 2.05) is 18.2 Å². The van der Waals surface area contributed by atoms with E-state index in [1.165, 1.54) is 23.3 Å². The molecule has 0 radical (unpaired) electrons. The van der Waals surface area contributed by atoms with Crippen LogP contribution in [0, 0.1) is 0 Å². The highest BCUT2D eigenvalue weighted by molar-refractivity contribution is 7.12. The molecule has 2 N–H and O–H groups in total.